The Balaban J connectivity index is 2.78. The van der Waals surface area contributed by atoms with E-state index in [0.29, 0.717) is 0 Å². The van der Waals surface area contributed by atoms with Gasteiger partial charge in [0.05, 0.1) is 14.2 Å². The van der Waals surface area contributed by atoms with Crippen LogP contribution in [0, 0.1) is 0 Å². The fraction of sp³-hybridized carbons (Fsp3) is 0.600. The molecule has 0 bridgehead atoms. The molecule has 13 nitrogen and oxygen atoms in total. The van der Waals surface area contributed by atoms with Crippen LogP contribution in [0.5, 0.6) is 0 Å². The van der Waals surface area contributed by atoms with Crippen molar-refractivity contribution in [2.45, 2.75) is 65.0 Å². The number of esters is 2. The number of aromatic nitrogens is 3. The monoisotopic (exact) mass is 467 g/mol. The molecular weight excluding hydrogens is 438 g/mol. The van der Waals surface area contributed by atoms with Gasteiger partial charge in [-0.15, -0.1) is 0 Å². The maximum absolute atomic E-state index is 13.2. The Hall–Kier alpha value is -3.64. The van der Waals surface area contributed by atoms with Crippen LogP contribution in [-0.4, -0.2) is 80.2 Å². The van der Waals surface area contributed by atoms with Gasteiger partial charge in [0.25, 0.3) is 0 Å². The number of hydrogen-bond donors (Lipinski definition) is 0. The minimum atomic E-state index is -1.51. The number of nitrogens with zero attached hydrogens (tertiary/aromatic N) is 5. The van der Waals surface area contributed by atoms with Crippen LogP contribution in [0.25, 0.3) is 0 Å². The number of carbonyl (C=O) groups is 4. The van der Waals surface area contributed by atoms with Crippen molar-refractivity contribution in [1.82, 2.24) is 24.6 Å². The van der Waals surface area contributed by atoms with Gasteiger partial charge >= 0.3 is 24.1 Å². The zero-order valence-electron chi connectivity index (χ0n) is 19.9. The summed E-state index contributed by atoms with van der Waals surface area (Å²) >= 11 is 0. The van der Waals surface area contributed by atoms with Crippen LogP contribution in [-0.2, 0) is 28.5 Å². The Kier molecular flexibility index (Phi) is 7.35. The summed E-state index contributed by atoms with van der Waals surface area (Å²) < 4.78 is 21.7. The van der Waals surface area contributed by atoms with Gasteiger partial charge in [0, 0.05) is 6.20 Å². The van der Waals surface area contributed by atoms with Crippen LogP contribution in [0.15, 0.2) is 24.6 Å². The fourth-order valence-corrected chi connectivity index (χ4v) is 2.93. The van der Waals surface area contributed by atoms with E-state index in [4.69, 9.17) is 18.9 Å². The molecule has 0 spiro atoms. The van der Waals surface area contributed by atoms with Crippen LogP contribution >= 0.6 is 0 Å². The molecule has 0 aliphatic carbocycles. The molecule has 13 heteroatoms. The lowest BCUT2D eigenvalue weighted by Gasteiger charge is -2.43. The fourth-order valence-electron chi connectivity index (χ4n) is 2.93. The topological polar surface area (TPSA) is 142 Å². The highest BCUT2D eigenvalue weighted by Crippen LogP contribution is 2.34. The minimum absolute atomic E-state index is 0.390. The largest absolute Gasteiger partial charge is 0.467 e. The molecule has 0 N–H and O–H groups in total. The van der Waals surface area contributed by atoms with Gasteiger partial charge in [0.1, 0.15) is 23.9 Å². The smallest absolute Gasteiger partial charge is 0.416 e. The number of amides is 2. The van der Waals surface area contributed by atoms with Crippen molar-refractivity contribution in [1.29, 1.82) is 0 Å². The number of carbonyl (C=O) groups excluding carboxylic acids is 4. The van der Waals surface area contributed by atoms with Crippen LogP contribution in [0.4, 0.5) is 9.59 Å². The molecule has 0 radical (unpaired) electrons. The van der Waals surface area contributed by atoms with Crippen molar-refractivity contribution in [3.63, 3.8) is 0 Å². The van der Waals surface area contributed by atoms with Crippen LogP contribution in [0.3, 0.4) is 0 Å². The Bertz CT molecular complexity index is 929. The molecule has 2 amide bonds. The molecule has 2 heterocycles. The summed E-state index contributed by atoms with van der Waals surface area (Å²) in [5.74, 6) is -1.88. The number of rotatable bonds is 3. The summed E-state index contributed by atoms with van der Waals surface area (Å²) in [6.45, 7) is 9.79. The molecule has 0 saturated heterocycles. The van der Waals surface area contributed by atoms with Crippen LogP contribution in [0.2, 0.25) is 0 Å². The minimum Gasteiger partial charge on any atom is -0.467 e. The van der Waals surface area contributed by atoms with Gasteiger partial charge in [-0.25, -0.2) is 33.7 Å². The molecular formula is C20H29N5O8. The number of methoxy groups -OCH3 is 2. The average molecular weight is 467 g/mol. The third-order valence-corrected chi connectivity index (χ3v) is 4.11. The highest BCUT2D eigenvalue weighted by Gasteiger charge is 2.51. The van der Waals surface area contributed by atoms with E-state index < -0.39 is 53.2 Å². The number of ether oxygens (including phenoxy) is 4. The van der Waals surface area contributed by atoms with Crippen molar-refractivity contribution in [3.8, 4) is 0 Å². The summed E-state index contributed by atoms with van der Waals surface area (Å²) in [5, 5.41) is 4.01. The zero-order valence-corrected chi connectivity index (χ0v) is 19.9. The first-order valence-corrected chi connectivity index (χ1v) is 9.95. The van der Waals surface area contributed by atoms with E-state index in [1.165, 1.54) is 6.33 Å². The molecule has 1 aliphatic rings. The van der Waals surface area contributed by atoms with Crippen LogP contribution in [0.1, 0.15) is 47.7 Å². The molecule has 182 valence electrons. The molecule has 0 aromatic carbocycles. The van der Waals surface area contributed by atoms with E-state index in [1.54, 1.807) is 41.5 Å². The highest BCUT2D eigenvalue weighted by atomic mass is 16.6. The first-order chi connectivity index (χ1) is 15.2. The SMILES string of the molecule is COC(=O)C1=CN(C(=O)OC(C)(C)C)C(C(=O)OC)C(n2cncn2)N1C(=O)OC(C)(C)C. The predicted molar refractivity (Wildman–Crippen MR) is 111 cm³/mol. The summed E-state index contributed by atoms with van der Waals surface area (Å²) in [6, 6.07) is -1.51. The van der Waals surface area contributed by atoms with Gasteiger partial charge in [0.2, 0.25) is 0 Å². The summed E-state index contributed by atoms with van der Waals surface area (Å²) in [6.07, 6.45) is -0.00747. The highest BCUT2D eigenvalue weighted by molar-refractivity contribution is 5.95. The zero-order chi connectivity index (χ0) is 25.1. The van der Waals surface area contributed by atoms with Gasteiger partial charge < -0.3 is 18.9 Å². The van der Waals surface area contributed by atoms with Gasteiger partial charge in [0.15, 0.2) is 17.9 Å². The average Bonchev–Trinajstić information content (AvgIpc) is 3.22. The first-order valence-electron chi connectivity index (χ1n) is 9.95. The molecule has 1 aliphatic heterocycles. The van der Waals surface area contributed by atoms with E-state index in [2.05, 4.69) is 10.1 Å². The molecule has 0 saturated carbocycles. The standard InChI is InChI=1S/C20H29N5O8/c1-19(2,3)32-17(28)23-9-12(15(26)30-7)25(18(29)33-20(4,5)6)14(13(23)16(27)31-8)24-11-21-10-22-24/h9-11,13-14H,1-8H3. The summed E-state index contributed by atoms with van der Waals surface area (Å²) in [5.41, 5.74) is -2.27. The van der Waals surface area contributed by atoms with Gasteiger partial charge in [-0.05, 0) is 41.5 Å². The number of hydrogen-bond acceptors (Lipinski definition) is 10. The molecule has 2 unspecified atom stereocenters. The second-order valence-electron chi connectivity index (χ2n) is 9.00. The third kappa shape index (κ3) is 5.99. The molecule has 2 rings (SSSR count). The molecule has 2 atom stereocenters. The Morgan fingerprint density at radius 3 is 1.94 bits per heavy atom. The lowest BCUT2D eigenvalue weighted by Crippen LogP contribution is -2.59. The van der Waals surface area contributed by atoms with Crippen molar-refractivity contribution >= 4 is 24.1 Å². The Morgan fingerprint density at radius 2 is 1.48 bits per heavy atom. The van der Waals surface area contributed by atoms with E-state index in [9.17, 15) is 19.2 Å². The van der Waals surface area contributed by atoms with E-state index in [-0.39, 0.29) is 0 Å². The maximum atomic E-state index is 13.2. The normalized spacial score (nSPS) is 18.8. The van der Waals surface area contributed by atoms with Crippen molar-refractivity contribution < 1.29 is 38.1 Å². The van der Waals surface area contributed by atoms with Crippen LogP contribution < -0.4 is 0 Å². The van der Waals surface area contributed by atoms with Crippen molar-refractivity contribution in [3.05, 3.63) is 24.6 Å². The Labute approximate surface area is 191 Å². The molecule has 33 heavy (non-hydrogen) atoms. The predicted octanol–water partition coefficient (Wildman–Crippen LogP) is 1.82. The lowest BCUT2D eigenvalue weighted by molar-refractivity contribution is -0.153. The quantitative estimate of drug-likeness (QED) is 0.477. The van der Waals surface area contributed by atoms with E-state index in [0.717, 1.165) is 41.2 Å². The van der Waals surface area contributed by atoms with E-state index >= 15 is 0 Å². The van der Waals surface area contributed by atoms with Crippen molar-refractivity contribution in [2.75, 3.05) is 14.2 Å². The third-order valence-electron chi connectivity index (χ3n) is 4.11. The molecule has 0 fully saturated rings. The second kappa shape index (κ2) is 9.46. The molecule has 1 aromatic heterocycles. The summed E-state index contributed by atoms with van der Waals surface area (Å²) in [4.78, 5) is 57.4. The molecule has 1 aromatic rings. The van der Waals surface area contributed by atoms with Gasteiger partial charge in [-0.2, -0.15) is 5.10 Å². The maximum Gasteiger partial charge on any atom is 0.416 e. The summed E-state index contributed by atoms with van der Waals surface area (Å²) in [7, 11) is 2.22. The van der Waals surface area contributed by atoms with E-state index in [1.807, 2.05) is 0 Å². The second-order valence-corrected chi connectivity index (χ2v) is 9.00. The first kappa shape index (κ1) is 25.6. The van der Waals surface area contributed by atoms with Gasteiger partial charge in [-0.3, -0.25) is 4.90 Å². The van der Waals surface area contributed by atoms with Crippen molar-refractivity contribution in [2.24, 2.45) is 0 Å². The lowest BCUT2D eigenvalue weighted by atomic mass is 10.1. The van der Waals surface area contributed by atoms with Gasteiger partial charge in [-0.1, -0.05) is 0 Å². The Morgan fingerprint density at radius 1 is 0.909 bits per heavy atom.